The molecule has 8 heteroatoms. The standard InChI is InChI=1S/C20H23N3O4S/c1-13-4-5-14(2)19(10-13)28(25,26)22-9-8-21-20(24)18-11-15-6-7-16(27-3)12-17(15)23-18/h4-7,10-12,22-23H,8-9H2,1-3H3,(H,21,24). The molecule has 0 fully saturated rings. The number of rotatable bonds is 7. The van der Waals surface area contributed by atoms with Gasteiger partial charge in [0.25, 0.3) is 5.91 Å². The van der Waals surface area contributed by atoms with Crippen molar-refractivity contribution < 1.29 is 17.9 Å². The molecule has 0 aliphatic carbocycles. The molecule has 148 valence electrons. The first-order chi connectivity index (χ1) is 13.3. The van der Waals surface area contributed by atoms with E-state index < -0.39 is 10.0 Å². The lowest BCUT2D eigenvalue weighted by molar-refractivity contribution is 0.0950. The molecule has 2 aromatic carbocycles. The van der Waals surface area contributed by atoms with Crippen LogP contribution in [-0.4, -0.2) is 39.5 Å². The summed E-state index contributed by atoms with van der Waals surface area (Å²) in [6.45, 7) is 3.85. The van der Waals surface area contributed by atoms with Gasteiger partial charge < -0.3 is 15.0 Å². The minimum Gasteiger partial charge on any atom is -0.497 e. The van der Waals surface area contributed by atoms with Crippen LogP contribution in [0, 0.1) is 13.8 Å². The van der Waals surface area contributed by atoms with Gasteiger partial charge >= 0.3 is 0 Å². The molecule has 0 bridgehead atoms. The Kier molecular flexibility index (Phi) is 5.71. The van der Waals surface area contributed by atoms with Crippen LogP contribution in [0.15, 0.2) is 47.4 Å². The van der Waals surface area contributed by atoms with Crippen LogP contribution in [-0.2, 0) is 10.0 Å². The number of amides is 1. The zero-order valence-corrected chi connectivity index (χ0v) is 16.8. The molecule has 1 heterocycles. The Morgan fingerprint density at radius 3 is 2.61 bits per heavy atom. The van der Waals surface area contributed by atoms with Gasteiger partial charge in [-0.25, -0.2) is 13.1 Å². The molecular formula is C20H23N3O4S. The number of methoxy groups -OCH3 is 1. The van der Waals surface area contributed by atoms with E-state index in [4.69, 9.17) is 4.74 Å². The molecule has 1 amide bonds. The van der Waals surface area contributed by atoms with Gasteiger partial charge in [-0.2, -0.15) is 0 Å². The van der Waals surface area contributed by atoms with E-state index in [9.17, 15) is 13.2 Å². The van der Waals surface area contributed by atoms with Crippen molar-refractivity contribution in [2.24, 2.45) is 0 Å². The summed E-state index contributed by atoms with van der Waals surface area (Å²) in [5.74, 6) is 0.392. The van der Waals surface area contributed by atoms with Crippen molar-refractivity contribution in [2.75, 3.05) is 20.2 Å². The lowest BCUT2D eigenvalue weighted by Crippen LogP contribution is -2.35. The van der Waals surface area contributed by atoms with E-state index in [1.54, 1.807) is 32.2 Å². The van der Waals surface area contributed by atoms with Gasteiger partial charge in [-0.1, -0.05) is 12.1 Å². The van der Waals surface area contributed by atoms with Crippen molar-refractivity contribution in [1.29, 1.82) is 0 Å². The van der Waals surface area contributed by atoms with Crippen molar-refractivity contribution in [3.8, 4) is 5.75 Å². The summed E-state index contributed by atoms with van der Waals surface area (Å²) in [4.78, 5) is 15.6. The van der Waals surface area contributed by atoms with E-state index in [1.807, 2.05) is 31.2 Å². The highest BCUT2D eigenvalue weighted by atomic mass is 32.2. The molecule has 1 aromatic heterocycles. The first kappa shape index (κ1) is 19.9. The minimum absolute atomic E-state index is 0.0928. The molecule has 0 atom stereocenters. The summed E-state index contributed by atoms with van der Waals surface area (Å²) in [7, 11) is -2.05. The highest BCUT2D eigenvalue weighted by Crippen LogP contribution is 2.21. The van der Waals surface area contributed by atoms with Crippen LogP contribution in [0.4, 0.5) is 0 Å². The van der Waals surface area contributed by atoms with Gasteiger partial charge in [0.15, 0.2) is 0 Å². The van der Waals surface area contributed by atoms with Crippen LogP contribution in [0.1, 0.15) is 21.6 Å². The Labute approximate surface area is 164 Å². The molecule has 0 saturated heterocycles. The summed E-state index contributed by atoms with van der Waals surface area (Å²) < 4.78 is 32.6. The van der Waals surface area contributed by atoms with Gasteiger partial charge in [-0.05, 0) is 49.2 Å². The predicted octanol–water partition coefficient (Wildman–Crippen LogP) is 2.50. The third kappa shape index (κ3) is 4.35. The van der Waals surface area contributed by atoms with Gasteiger partial charge in [0.1, 0.15) is 11.4 Å². The largest absolute Gasteiger partial charge is 0.497 e. The fraction of sp³-hybridized carbons (Fsp3) is 0.250. The number of aryl methyl sites for hydroxylation is 2. The molecule has 0 saturated carbocycles. The second-order valence-corrected chi connectivity index (χ2v) is 8.29. The Morgan fingerprint density at radius 2 is 1.86 bits per heavy atom. The predicted molar refractivity (Wildman–Crippen MR) is 108 cm³/mol. The molecule has 28 heavy (non-hydrogen) atoms. The van der Waals surface area contributed by atoms with Crippen molar-refractivity contribution >= 4 is 26.8 Å². The number of aromatic nitrogens is 1. The second-order valence-electron chi connectivity index (χ2n) is 6.56. The Balaban J connectivity index is 1.59. The molecule has 3 N–H and O–H groups in total. The zero-order chi connectivity index (χ0) is 20.3. The number of sulfonamides is 1. The smallest absolute Gasteiger partial charge is 0.267 e. The number of ether oxygens (including phenoxy) is 1. The quantitative estimate of drug-likeness (QED) is 0.530. The van der Waals surface area contributed by atoms with Crippen molar-refractivity contribution in [3.63, 3.8) is 0 Å². The minimum atomic E-state index is -3.63. The van der Waals surface area contributed by atoms with E-state index in [0.717, 1.165) is 16.5 Å². The molecule has 3 aromatic rings. The number of aromatic amines is 1. The number of carbonyl (C=O) groups is 1. The maximum absolute atomic E-state index is 12.5. The first-order valence-corrected chi connectivity index (χ1v) is 10.3. The summed E-state index contributed by atoms with van der Waals surface area (Å²) in [5.41, 5.74) is 2.74. The first-order valence-electron chi connectivity index (χ1n) is 8.82. The molecule has 0 unspecified atom stereocenters. The van der Waals surface area contributed by atoms with Crippen LogP contribution in [0.5, 0.6) is 5.75 Å². The SMILES string of the molecule is COc1ccc2cc(C(=O)NCCNS(=O)(=O)c3cc(C)ccc3C)[nH]c2c1. The van der Waals surface area contributed by atoms with E-state index in [-0.39, 0.29) is 23.9 Å². The van der Waals surface area contributed by atoms with Crippen molar-refractivity contribution in [1.82, 2.24) is 15.0 Å². The second kappa shape index (κ2) is 8.04. The van der Waals surface area contributed by atoms with Crippen LogP contribution >= 0.6 is 0 Å². The Bertz CT molecular complexity index is 1120. The Hall–Kier alpha value is -2.84. The van der Waals surface area contributed by atoms with Gasteiger partial charge in [0.05, 0.1) is 12.0 Å². The van der Waals surface area contributed by atoms with Gasteiger partial charge in [-0.15, -0.1) is 0 Å². The van der Waals surface area contributed by atoms with Crippen LogP contribution in [0.2, 0.25) is 0 Å². The fourth-order valence-corrected chi connectivity index (χ4v) is 4.25. The average Bonchev–Trinajstić information content (AvgIpc) is 3.10. The number of hydrogen-bond donors (Lipinski definition) is 3. The topological polar surface area (TPSA) is 100 Å². The molecule has 3 rings (SSSR count). The highest BCUT2D eigenvalue weighted by molar-refractivity contribution is 7.89. The number of hydrogen-bond acceptors (Lipinski definition) is 4. The molecule has 7 nitrogen and oxygen atoms in total. The third-order valence-electron chi connectivity index (χ3n) is 4.41. The summed E-state index contributed by atoms with van der Waals surface area (Å²) >= 11 is 0. The van der Waals surface area contributed by atoms with E-state index >= 15 is 0 Å². The van der Waals surface area contributed by atoms with E-state index in [1.165, 1.54) is 0 Å². The molecule has 0 aliphatic heterocycles. The summed E-state index contributed by atoms with van der Waals surface area (Å²) in [5, 5.41) is 3.60. The normalized spacial score (nSPS) is 11.5. The molecule has 0 aliphatic rings. The summed E-state index contributed by atoms with van der Waals surface area (Å²) in [6, 6.07) is 12.5. The molecular weight excluding hydrogens is 378 g/mol. The van der Waals surface area contributed by atoms with Gasteiger partial charge in [0.2, 0.25) is 10.0 Å². The number of nitrogens with one attached hydrogen (secondary N) is 3. The lowest BCUT2D eigenvalue weighted by Gasteiger charge is -2.10. The maximum atomic E-state index is 12.5. The molecule has 0 radical (unpaired) electrons. The highest BCUT2D eigenvalue weighted by Gasteiger charge is 2.16. The number of fused-ring (bicyclic) bond motifs is 1. The van der Waals surface area contributed by atoms with Gasteiger partial charge in [-0.3, -0.25) is 4.79 Å². The maximum Gasteiger partial charge on any atom is 0.267 e. The summed E-state index contributed by atoms with van der Waals surface area (Å²) in [6.07, 6.45) is 0. The van der Waals surface area contributed by atoms with Crippen molar-refractivity contribution in [2.45, 2.75) is 18.7 Å². The number of H-pyrrole nitrogens is 1. The van der Waals surface area contributed by atoms with Crippen LogP contribution in [0.3, 0.4) is 0 Å². The third-order valence-corrected chi connectivity index (χ3v) is 6.01. The lowest BCUT2D eigenvalue weighted by atomic mass is 10.2. The molecule has 0 spiro atoms. The van der Waals surface area contributed by atoms with E-state index in [2.05, 4.69) is 15.0 Å². The number of carbonyl (C=O) groups excluding carboxylic acids is 1. The van der Waals surface area contributed by atoms with E-state index in [0.29, 0.717) is 17.0 Å². The average molecular weight is 401 g/mol. The number of benzene rings is 2. The van der Waals surface area contributed by atoms with Crippen LogP contribution < -0.4 is 14.8 Å². The van der Waals surface area contributed by atoms with Crippen LogP contribution in [0.25, 0.3) is 10.9 Å². The van der Waals surface area contributed by atoms with Crippen molar-refractivity contribution in [3.05, 3.63) is 59.3 Å². The monoisotopic (exact) mass is 401 g/mol. The Morgan fingerprint density at radius 1 is 1.07 bits per heavy atom. The van der Waals surface area contributed by atoms with Gasteiger partial charge in [0, 0.05) is 30.1 Å². The fourth-order valence-electron chi connectivity index (χ4n) is 2.89. The zero-order valence-electron chi connectivity index (χ0n) is 16.0.